The van der Waals surface area contributed by atoms with Gasteiger partial charge in [0.2, 0.25) is 5.91 Å². The second kappa shape index (κ2) is 8.29. The lowest BCUT2D eigenvalue weighted by Gasteiger charge is -2.18. The van der Waals surface area contributed by atoms with Crippen molar-refractivity contribution < 1.29 is 14.0 Å². The standard InChI is InChI=1S/C27H25FN6O2/c1-27(2)21-19(11-12-20(35)15-9-10-15)30-24(31-23(21)32-26(27)36)22-17-7-5-13-29-25(17)34(33-22)14-16-6-3-4-8-18(16)28/h3-8,13,15H,9-12,14H2,1-2H3,(H,30,31,32,36). The lowest BCUT2D eigenvalue weighted by atomic mass is 9.84. The number of nitrogens with zero attached hydrogens (tertiary/aromatic N) is 5. The zero-order valence-electron chi connectivity index (χ0n) is 20.1. The second-order valence-corrected chi connectivity index (χ2v) is 10.0. The number of aromatic nitrogens is 5. The van der Waals surface area contributed by atoms with Gasteiger partial charge in [-0.15, -0.1) is 0 Å². The van der Waals surface area contributed by atoms with Gasteiger partial charge in [0.15, 0.2) is 11.5 Å². The number of carbonyl (C=O) groups is 2. The predicted molar refractivity (Wildman–Crippen MR) is 132 cm³/mol. The van der Waals surface area contributed by atoms with Gasteiger partial charge >= 0.3 is 0 Å². The summed E-state index contributed by atoms with van der Waals surface area (Å²) in [6, 6.07) is 10.2. The number of carbonyl (C=O) groups excluding carboxylic acids is 2. The van der Waals surface area contributed by atoms with E-state index in [1.54, 1.807) is 35.1 Å². The summed E-state index contributed by atoms with van der Waals surface area (Å²) in [7, 11) is 0. The molecule has 1 aliphatic heterocycles. The minimum absolute atomic E-state index is 0.157. The van der Waals surface area contributed by atoms with Crippen molar-refractivity contribution in [2.45, 2.75) is 51.5 Å². The number of benzene rings is 1. The van der Waals surface area contributed by atoms with Crippen LogP contribution in [0.5, 0.6) is 0 Å². The molecule has 1 saturated carbocycles. The van der Waals surface area contributed by atoms with Gasteiger partial charge in [-0.3, -0.25) is 9.59 Å². The molecule has 1 fully saturated rings. The summed E-state index contributed by atoms with van der Waals surface area (Å²) in [5.41, 5.74) is 2.16. The molecule has 2 aliphatic rings. The van der Waals surface area contributed by atoms with E-state index >= 15 is 0 Å². The van der Waals surface area contributed by atoms with E-state index in [-0.39, 0.29) is 30.0 Å². The van der Waals surface area contributed by atoms with Crippen LogP contribution in [0.4, 0.5) is 10.2 Å². The Bertz CT molecular complexity index is 1540. The number of ketones is 1. The number of halogens is 1. The van der Waals surface area contributed by atoms with Gasteiger partial charge in [0.25, 0.3) is 0 Å². The van der Waals surface area contributed by atoms with Gasteiger partial charge in [-0.1, -0.05) is 18.2 Å². The van der Waals surface area contributed by atoms with E-state index in [0.717, 1.165) is 23.8 Å². The van der Waals surface area contributed by atoms with Crippen molar-refractivity contribution in [1.29, 1.82) is 0 Å². The molecule has 3 aromatic heterocycles. The molecule has 0 atom stereocenters. The van der Waals surface area contributed by atoms with Gasteiger partial charge in [-0.25, -0.2) is 24.0 Å². The molecule has 1 aliphatic carbocycles. The monoisotopic (exact) mass is 484 g/mol. The van der Waals surface area contributed by atoms with Crippen LogP contribution >= 0.6 is 0 Å². The maximum atomic E-state index is 14.4. The summed E-state index contributed by atoms with van der Waals surface area (Å²) in [6.45, 7) is 3.87. The Morgan fingerprint density at radius 3 is 2.75 bits per heavy atom. The maximum absolute atomic E-state index is 14.4. The number of pyridine rings is 1. The molecular formula is C27H25FN6O2. The highest BCUT2D eigenvalue weighted by Gasteiger charge is 2.43. The Morgan fingerprint density at radius 1 is 1.17 bits per heavy atom. The first-order valence-electron chi connectivity index (χ1n) is 12.1. The Labute approximate surface area is 207 Å². The first-order chi connectivity index (χ1) is 17.3. The number of nitrogens with one attached hydrogen (secondary N) is 1. The van der Waals surface area contributed by atoms with Crippen molar-refractivity contribution in [3.8, 4) is 11.5 Å². The molecule has 0 saturated heterocycles. The number of rotatable bonds is 7. The molecule has 6 rings (SSSR count). The van der Waals surface area contributed by atoms with Crippen molar-refractivity contribution in [3.05, 3.63) is 65.2 Å². The van der Waals surface area contributed by atoms with Crippen molar-refractivity contribution in [2.75, 3.05) is 5.32 Å². The highest BCUT2D eigenvalue weighted by molar-refractivity contribution is 6.05. The van der Waals surface area contributed by atoms with Gasteiger partial charge < -0.3 is 5.32 Å². The number of Topliss-reactive ketones (excluding diaryl/α,β-unsaturated/α-hetero) is 1. The van der Waals surface area contributed by atoms with Crippen LogP contribution < -0.4 is 5.32 Å². The molecule has 36 heavy (non-hydrogen) atoms. The predicted octanol–water partition coefficient (Wildman–Crippen LogP) is 4.22. The third-order valence-corrected chi connectivity index (χ3v) is 7.05. The molecule has 0 radical (unpaired) electrons. The molecule has 1 aromatic carbocycles. The van der Waals surface area contributed by atoms with Gasteiger partial charge in [-0.2, -0.15) is 5.10 Å². The highest BCUT2D eigenvalue weighted by Crippen LogP contribution is 2.40. The normalized spacial score (nSPS) is 16.2. The largest absolute Gasteiger partial charge is 0.310 e. The first kappa shape index (κ1) is 22.5. The number of anilines is 1. The fraction of sp³-hybridized carbons (Fsp3) is 0.333. The van der Waals surface area contributed by atoms with E-state index in [1.165, 1.54) is 6.07 Å². The van der Waals surface area contributed by atoms with Crippen LogP contribution in [0.1, 0.15) is 49.9 Å². The number of amides is 1. The second-order valence-electron chi connectivity index (χ2n) is 10.0. The highest BCUT2D eigenvalue weighted by atomic mass is 19.1. The Morgan fingerprint density at radius 2 is 1.97 bits per heavy atom. The molecule has 1 amide bonds. The number of hydrogen-bond donors (Lipinski definition) is 1. The average molecular weight is 485 g/mol. The molecule has 1 N–H and O–H groups in total. The average Bonchev–Trinajstić information content (AvgIpc) is 3.61. The Hall–Kier alpha value is -4.01. The van der Waals surface area contributed by atoms with Crippen LogP contribution in [0.15, 0.2) is 42.6 Å². The summed E-state index contributed by atoms with van der Waals surface area (Å²) in [6.07, 6.45) is 4.37. The van der Waals surface area contributed by atoms with E-state index in [0.29, 0.717) is 47.1 Å². The molecule has 9 heteroatoms. The Kier molecular flexibility index (Phi) is 5.17. The van der Waals surface area contributed by atoms with Crippen LogP contribution in [-0.4, -0.2) is 36.4 Å². The van der Waals surface area contributed by atoms with E-state index in [1.807, 2.05) is 19.9 Å². The van der Waals surface area contributed by atoms with Crippen molar-refractivity contribution in [1.82, 2.24) is 24.7 Å². The summed E-state index contributed by atoms with van der Waals surface area (Å²) in [4.78, 5) is 39.2. The van der Waals surface area contributed by atoms with Crippen LogP contribution in [0.25, 0.3) is 22.6 Å². The topological polar surface area (TPSA) is 103 Å². The van der Waals surface area contributed by atoms with Crippen molar-refractivity contribution in [3.63, 3.8) is 0 Å². The minimum atomic E-state index is -0.806. The first-order valence-corrected chi connectivity index (χ1v) is 12.1. The van der Waals surface area contributed by atoms with Gasteiger partial charge in [0.05, 0.1) is 23.0 Å². The van der Waals surface area contributed by atoms with Gasteiger partial charge in [0.1, 0.15) is 23.1 Å². The molecule has 0 unspecified atom stereocenters. The summed E-state index contributed by atoms with van der Waals surface area (Å²) in [5.74, 6) is 0.713. The fourth-order valence-corrected chi connectivity index (χ4v) is 4.84. The summed E-state index contributed by atoms with van der Waals surface area (Å²) < 4.78 is 16.0. The quantitative estimate of drug-likeness (QED) is 0.421. The lowest BCUT2D eigenvalue weighted by molar-refractivity contribution is -0.120. The molecule has 4 aromatic rings. The minimum Gasteiger partial charge on any atom is -0.310 e. The zero-order valence-corrected chi connectivity index (χ0v) is 20.1. The number of hydrogen-bond acceptors (Lipinski definition) is 6. The molecule has 0 spiro atoms. The van der Waals surface area contributed by atoms with Crippen LogP contribution in [0.3, 0.4) is 0 Å². The van der Waals surface area contributed by atoms with Crippen LogP contribution in [0.2, 0.25) is 0 Å². The number of aryl methyl sites for hydroxylation is 1. The summed E-state index contributed by atoms with van der Waals surface area (Å²) in [5, 5.41) is 8.34. The third kappa shape index (κ3) is 3.75. The van der Waals surface area contributed by atoms with Crippen LogP contribution in [0, 0.1) is 11.7 Å². The lowest BCUT2D eigenvalue weighted by Crippen LogP contribution is -2.28. The molecular weight excluding hydrogens is 459 g/mol. The molecule has 0 bridgehead atoms. The van der Waals surface area contributed by atoms with Gasteiger partial charge in [0, 0.05) is 29.7 Å². The molecule has 182 valence electrons. The van der Waals surface area contributed by atoms with E-state index < -0.39 is 5.41 Å². The van der Waals surface area contributed by atoms with E-state index in [2.05, 4.69) is 15.3 Å². The SMILES string of the molecule is CC1(C)C(=O)Nc2nc(-c3nn(Cc4ccccc4F)c4ncccc34)nc(CCC(=O)C3CC3)c21. The van der Waals surface area contributed by atoms with Crippen molar-refractivity contribution >= 4 is 28.5 Å². The van der Waals surface area contributed by atoms with Gasteiger partial charge in [-0.05, 0) is 51.3 Å². The fourth-order valence-electron chi connectivity index (χ4n) is 4.84. The smallest absolute Gasteiger partial charge is 0.235 e. The maximum Gasteiger partial charge on any atom is 0.235 e. The van der Waals surface area contributed by atoms with E-state index in [9.17, 15) is 14.0 Å². The Balaban J connectivity index is 1.46. The summed E-state index contributed by atoms with van der Waals surface area (Å²) >= 11 is 0. The van der Waals surface area contributed by atoms with Crippen LogP contribution in [-0.2, 0) is 28.0 Å². The molecule has 4 heterocycles. The van der Waals surface area contributed by atoms with E-state index in [4.69, 9.17) is 10.1 Å². The third-order valence-electron chi connectivity index (χ3n) is 7.05. The molecule has 8 nitrogen and oxygen atoms in total. The van der Waals surface area contributed by atoms with Crippen molar-refractivity contribution in [2.24, 2.45) is 5.92 Å². The number of fused-ring (bicyclic) bond motifs is 2. The zero-order chi connectivity index (χ0) is 25.0.